The molecule has 1 aliphatic heterocycles. The number of imide groups is 1. The van der Waals surface area contributed by atoms with Gasteiger partial charge in [0.25, 0.3) is 5.91 Å². The number of urea groups is 1. The molecule has 3 rings (SSSR count). The molecule has 0 unspecified atom stereocenters. The van der Waals surface area contributed by atoms with E-state index >= 15 is 0 Å². The van der Waals surface area contributed by atoms with Gasteiger partial charge in [-0.25, -0.2) is 4.79 Å². The molecule has 2 atom stereocenters. The minimum absolute atomic E-state index is 0.0664. The summed E-state index contributed by atoms with van der Waals surface area (Å²) in [6, 6.07) is 2.12. The zero-order chi connectivity index (χ0) is 22.8. The van der Waals surface area contributed by atoms with Gasteiger partial charge in [0.15, 0.2) is 0 Å². The number of carbonyl (C=O) groups excluding carboxylic acids is 3. The van der Waals surface area contributed by atoms with Gasteiger partial charge in [0.2, 0.25) is 5.91 Å². The molecule has 1 saturated heterocycles. The van der Waals surface area contributed by atoms with E-state index in [1.54, 1.807) is 0 Å². The maximum atomic E-state index is 13.1. The van der Waals surface area contributed by atoms with Crippen molar-refractivity contribution in [3.8, 4) is 5.75 Å². The highest BCUT2D eigenvalue weighted by molar-refractivity contribution is 6.10. The number of halogens is 3. The second-order valence-electron chi connectivity index (χ2n) is 8.04. The predicted octanol–water partition coefficient (Wildman–Crippen LogP) is 3.93. The molecule has 31 heavy (non-hydrogen) atoms. The number of hydrogen-bond donors (Lipinski definition) is 2. The van der Waals surface area contributed by atoms with Gasteiger partial charge in [0, 0.05) is 0 Å². The van der Waals surface area contributed by atoms with Gasteiger partial charge in [0.05, 0.1) is 17.9 Å². The summed E-state index contributed by atoms with van der Waals surface area (Å²) in [6.45, 7) is 3.38. The molecule has 1 aliphatic carbocycles. The molecule has 0 radical (unpaired) electrons. The van der Waals surface area contributed by atoms with Crippen LogP contribution in [0.4, 0.5) is 23.7 Å². The van der Waals surface area contributed by atoms with Gasteiger partial charge in [-0.3, -0.25) is 14.5 Å². The van der Waals surface area contributed by atoms with Crippen LogP contribution >= 0.6 is 0 Å². The molecule has 1 heterocycles. The highest BCUT2D eigenvalue weighted by Crippen LogP contribution is 2.38. The van der Waals surface area contributed by atoms with E-state index in [0.29, 0.717) is 12.8 Å². The Morgan fingerprint density at radius 1 is 1.32 bits per heavy atom. The summed E-state index contributed by atoms with van der Waals surface area (Å²) in [5.74, 6) is -1.24. The quantitative estimate of drug-likeness (QED) is 0.655. The van der Waals surface area contributed by atoms with Crippen molar-refractivity contribution in [2.45, 2.75) is 57.7 Å². The number of nitrogens with zero attached hydrogens (tertiary/aromatic N) is 1. The van der Waals surface area contributed by atoms with Crippen molar-refractivity contribution in [2.75, 3.05) is 18.5 Å². The lowest BCUT2D eigenvalue weighted by Crippen LogP contribution is -2.54. The third-order valence-corrected chi connectivity index (χ3v) is 5.85. The molecular weight excluding hydrogens is 415 g/mol. The molecule has 1 saturated carbocycles. The number of hydrogen-bond acceptors (Lipinski definition) is 4. The number of ether oxygens (including phenoxy) is 1. The summed E-state index contributed by atoms with van der Waals surface area (Å²) in [7, 11) is 0. The van der Waals surface area contributed by atoms with Crippen molar-refractivity contribution >= 4 is 23.5 Å². The number of alkyl halides is 3. The van der Waals surface area contributed by atoms with Crippen molar-refractivity contribution in [1.29, 1.82) is 0 Å². The Hall–Kier alpha value is -2.78. The summed E-state index contributed by atoms with van der Waals surface area (Å²) in [4.78, 5) is 38.8. The summed E-state index contributed by atoms with van der Waals surface area (Å²) in [6.07, 6.45) is -0.941. The van der Waals surface area contributed by atoms with Gasteiger partial charge in [-0.15, -0.1) is 0 Å². The first-order valence-electron chi connectivity index (χ1n) is 10.4. The molecule has 2 aliphatic rings. The fourth-order valence-corrected chi connectivity index (χ4v) is 4.11. The van der Waals surface area contributed by atoms with E-state index in [2.05, 4.69) is 10.6 Å². The lowest BCUT2D eigenvalue weighted by molar-refractivity contribution is -0.137. The molecule has 7 nitrogen and oxygen atoms in total. The molecule has 0 aromatic heterocycles. The minimum Gasteiger partial charge on any atom is -0.491 e. The number of amides is 4. The second kappa shape index (κ2) is 8.76. The van der Waals surface area contributed by atoms with Gasteiger partial charge in [0.1, 0.15) is 17.8 Å². The van der Waals surface area contributed by atoms with Crippen molar-refractivity contribution in [2.24, 2.45) is 5.92 Å². The van der Waals surface area contributed by atoms with E-state index in [-0.39, 0.29) is 24.0 Å². The van der Waals surface area contributed by atoms with Crippen molar-refractivity contribution < 1.29 is 32.3 Å². The van der Waals surface area contributed by atoms with E-state index in [0.717, 1.165) is 42.4 Å². The highest BCUT2D eigenvalue weighted by Gasteiger charge is 2.55. The average molecular weight is 441 g/mol. The molecular formula is C21H26F3N3O4. The van der Waals surface area contributed by atoms with Crippen LogP contribution in [0.5, 0.6) is 5.75 Å². The van der Waals surface area contributed by atoms with Gasteiger partial charge in [-0.2, -0.15) is 13.2 Å². The molecule has 1 aromatic carbocycles. The topological polar surface area (TPSA) is 87.7 Å². The van der Waals surface area contributed by atoms with Crippen LogP contribution < -0.4 is 15.4 Å². The molecule has 2 N–H and O–H groups in total. The first-order valence-corrected chi connectivity index (χ1v) is 10.4. The third-order valence-electron chi connectivity index (χ3n) is 5.85. The van der Waals surface area contributed by atoms with Crippen LogP contribution in [0.3, 0.4) is 0 Å². The smallest absolute Gasteiger partial charge is 0.416 e. The summed E-state index contributed by atoms with van der Waals surface area (Å²) in [5.41, 5.74) is -2.13. The van der Waals surface area contributed by atoms with Crippen LogP contribution in [0.25, 0.3) is 0 Å². The number of rotatable bonds is 6. The van der Waals surface area contributed by atoms with Crippen molar-refractivity contribution in [1.82, 2.24) is 10.2 Å². The summed E-state index contributed by atoms with van der Waals surface area (Å²) >= 11 is 0. The van der Waals surface area contributed by atoms with E-state index in [1.165, 1.54) is 0 Å². The molecule has 1 aromatic rings. The Morgan fingerprint density at radius 2 is 2.06 bits per heavy atom. The van der Waals surface area contributed by atoms with Crippen LogP contribution in [-0.4, -0.2) is 41.4 Å². The molecule has 1 spiro atoms. The van der Waals surface area contributed by atoms with E-state index < -0.39 is 41.7 Å². The number of anilines is 1. The summed E-state index contributed by atoms with van der Waals surface area (Å²) in [5, 5.41) is 5.11. The number of nitrogens with one attached hydrogen (secondary N) is 2. The Balaban J connectivity index is 1.77. The minimum atomic E-state index is -4.60. The zero-order valence-corrected chi connectivity index (χ0v) is 17.5. The van der Waals surface area contributed by atoms with Crippen molar-refractivity contribution in [3.05, 3.63) is 23.8 Å². The monoisotopic (exact) mass is 441 g/mol. The number of carbonyl (C=O) groups is 3. The van der Waals surface area contributed by atoms with Gasteiger partial charge >= 0.3 is 12.2 Å². The van der Waals surface area contributed by atoms with E-state index in [4.69, 9.17) is 4.74 Å². The van der Waals surface area contributed by atoms with Gasteiger partial charge in [-0.1, -0.05) is 26.7 Å². The van der Waals surface area contributed by atoms with Crippen LogP contribution in [0.15, 0.2) is 18.2 Å². The lowest BCUT2D eigenvalue weighted by atomic mass is 9.73. The first-order chi connectivity index (χ1) is 14.6. The molecule has 4 amide bonds. The average Bonchev–Trinajstić information content (AvgIpc) is 2.93. The van der Waals surface area contributed by atoms with Crippen LogP contribution in [0, 0.1) is 5.92 Å². The Bertz CT molecular complexity index is 874. The Kier molecular flexibility index (Phi) is 6.47. The van der Waals surface area contributed by atoms with Crippen LogP contribution in [-0.2, 0) is 15.8 Å². The van der Waals surface area contributed by atoms with Gasteiger partial charge < -0.3 is 15.4 Å². The predicted molar refractivity (Wildman–Crippen MR) is 106 cm³/mol. The zero-order valence-electron chi connectivity index (χ0n) is 17.5. The molecule has 10 heteroatoms. The Labute approximate surface area is 178 Å². The normalized spacial score (nSPS) is 23.8. The van der Waals surface area contributed by atoms with Crippen molar-refractivity contribution in [3.63, 3.8) is 0 Å². The molecule has 2 fully saturated rings. The lowest BCUT2D eigenvalue weighted by Gasteiger charge is -2.36. The summed E-state index contributed by atoms with van der Waals surface area (Å²) < 4.78 is 44.7. The highest BCUT2D eigenvalue weighted by atomic mass is 19.4. The first kappa shape index (κ1) is 22.9. The molecule has 170 valence electrons. The van der Waals surface area contributed by atoms with E-state index in [1.807, 2.05) is 13.8 Å². The SMILES string of the molecule is CCCOc1ccc(C(F)(F)F)cc1NC(=O)CN1C(=O)N[C@]2(CCCC[C@H]2C)C1=O. The van der Waals surface area contributed by atoms with Crippen LogP contribution in [0.1, 0.15) is 51.5 Å². The van der Waals surface area contributed by atoms with E-state index in [9.17, 15) is 27.6 Å². The largest absolute Gasteiger partial charge is 0.491 e. The van der Waals surface area contributed by atoms with Crippen LogP contribution in [0.2, 0.25) is 0 Å². The maximum Gasteiger partial charge on any atom is 0.416 e. The molecule has 0 bridgehead atoms. The van der Waals surface area contributed by atoms with Gasteiger partial charge in [-0.05, 0) is 43.4 Å². The Morgan fingerprint density at radius 3 is 2.71 bits per heavy atom. The third kappa shape index (κ3) is 4.62. The number of benzene rings is 1. The second-order valence-corrected chi connectivity index (χ2v) is 8.04. The standard InChI is InChI=1S/C21H26F3N3O4/c1-3-10-31-16-8-7-14(21(22,23)24)11-15(16)25-17(28)12-27-18(29)20(26-19(27)30)9-5-4-6-13(20)2/h7-8,11,13H,3-6,9-10,12H2,1-2H3,(H,25,28)(H,26,30)/t13-,20+/m1/s1. The fraction of sp³-hybridized carbons (Fsp3) is 0.571. The fourth-order valence-electron chi connectivity index (χ4n) is 4.11. The maximum absolute atomic E-state index is 13.1.